The van der Waals surface area contributed by atoms with Gasteiger partial charge in [-0.3, -0.25) is 4.79 Å². The molecule has 0 fully saturated rings. The van der Waals surface area contributed by atoms with E-state index in [2.05, 4.69) is 5.32 Å². The quantitative estimate of drug-likeness (QED) is 0.895. The van der Waals surface area contributed by atoms with Gasteiger partial charge in [0.05, 0.1) is 10.7 Å². The molecule has 0 aromatic heterocycles. The molecule has 0 aliphatic rings. The van der Waals surface area contributed by atoms with Gasteiger partial charge in [0.15, 0.2) is 0 Å². The second kappa shape index (κ2) is 5.76. The summed E-state index contributed by atoms with van der Waals surface area (Å²) in [6, 6.07) is 15.0. The maximum Gasteiger partial charge on any atom is 0.248 e. The van der Waals surface area contributed by atoms with E-state index in [1.807, 2.05) is 37.3 Å². The van der Waals surface area contributed by atoms with Crippen LogP contribution < -0.4 is 11.1 Å². The Morgan fingerprint density at radius 1 is 1.21 bits per heavy atom. The average Bonchev–Trinajstić information content (AvgIpc) is 2.42. The van der Waals surface area contributed by atoms with Gasteiger partial charge in [-0.2, -0.15) is 0 Å². The van der Waals surface area contributed by atoms with Crippen LogP contribution in [0, 0.1) is 0 Å². The number of halogens is 1. The van der Waals surface area contributed by atoms with Gasteiger partial charge in [-0.15, -0.1) is 0 Å². The summed E-state index contributed by atoms with van der Waals surface area (Å²) in [5.41, 5.74) is 7.55. The van der Waals surface area contributed by atoms with Crippen molar-refractivity contribution in [2.24, 2.45) is 5.73 Å². The molecule has 0 spiro atoms. The van der Waals surface area contributed by atoms with E-state index in [0.717, 1.165) is 5.56 Å². The molecule has 3 nitrogen and oxygen atoms in total. The van der Waals surface area contributed by atoms with Crippen LogP contribution in [0.4, 0.5) is 5.69 Å². The smallest absolute Gasteiger partial charge is 0.248 e. The van der Waals surface area contributed by atoms with E-state index >= 15 is 0 Å². The van der Waals surface area contributed by atoms with Crippen LogP contribution in [0.15, 0.2) is 48.5 Å². The van der Waals surface area contributed by atoms with Crippen molar-refractivity contribution in [2.75, 3.05) is 5.32 Å². The lowest BCUT2D eigenvalue weighted by Gasteiger charge is -2.17. The molecule has 0 aliphatic heterocycles. The highest BCUT2D eigenvalue weighted by atomic mass is 35.5. The largest absolute Gasteiger partial charge is 0.377 e. The van der Waals surface area contributed by atoms with Crippen LogP contribution in [0.25, 0.3) is 0 Å². The molecule has 0 aliphatic carbocycles. The van der Waals surface area contributed by atoms with Gasteiger partial charge >= 0.3 is 0 Å². The fraction of sp³-hybridized carbons (Fsp3) is 0.133. The molecule has 98 valence electrons. The van der Waals surface area contributed by atoms with Gasteiger partial charge in [0.25, 0.3) is 0 Å². The maximum atomic E-state index is 11.2. The van der Waals surface area contributed by atoms with Crippen molar-refractivity contribution in [3.8, 4) is 0 Å². The van der Waals surface area contributed by atoms with Crippen molar-refractivity contribution < 1.29 is 4.79 Å². The molecule has 1 amide bonds. The first-order valence-electron chi connectivity index (χ1n) is 5.99. The minimum atomic E-state index is -0.466. The second-order valence-electron chi connectivity index (χ2n) is 4.34. The van der Waals surface area contributed by atoms with Crippen molar-refractivity contribution in [1.29, 1.82) is 0 Å². The lowest BCUT2D eigenvalue weighted by Crippen LogP contribution is -2.12. The fourth-order valence-electron chi connectivity index (χ4n) is 1.85. The molecular weight excluding hydrogens is 260 g/mol. The zero-order valence-electron chi connectivity index (χ0n) is 10.6. The van der Waals surface area contributed by atoms with Crippen LogP contribution in [0.3, 0.4) is 0 Å². The van der Waals surface area contributed by atoms with Gasteiger partial charge in [-0.05, 0) is 30.7 Å². The average molecular weight is 275 g/mol. The molecule has 0 heterocycles. The number of anilines is 1. The third kappa shape index (κ3) is 3.26. The summed E-state index contributed by atoms with van der Waals surface area (Å²) >= 11 is 6.12. The number of hydrogen-bond acceptors (Lipinski definition) is 2. The van der Waals surface area contributed by atoms with Crippen molar-refractivity contribution >= 4 is 23.2 Å². The zero-order chi connectivity index (χ0) is 13.8. The highest BCUT2D eigenvalue weighted by Gasteiger charge is 2.09. The first-order valence-corrected chi connectivity index (χ1v) is 6.36. The highest BCUT2D eigenvalue weighted by Crippen LogP contribution is 2.27. The Kier molecular flexibility index (Phi) is 4.07. The van der Waals surface area contributed by atoms with E-state index in [4.69, 9.17) is 17.3 Å². The van der Waals surface area contributed by atoms with Crippen molar-refractivity contribution in [3.63, 3.8) is 0 Å². The van der Waals surface area contributed by atoms with Crippen LogP contribution >= 0.6 is 11.6 Å². The minimum Gasteiger partial charge on any atom is -0.377 e. The Morgan fingerprint density at radius 2 is 1.89 bits per heavy atom. The van der Waals surface area contributed by atoms with E-state index < -0.39 is 5.91 Å². The first kappa shape index (κ1) is 13.4. The highest BCUT2D eigenvalue weighted by molar-refractivity contribution is 6.33. The number of nitrogens with one attached hydrogen (secondary N) is 1. The number of carbonyl (C=O) groups is 1. The molecule has 0 radical (unpaired) electrons. The van der Waals surface area contributed by atoms with Gasteiger partial charge in [-0.1, -0.05) is 41.9 Å². The van der Waals surface area contributed by atoms with Crippen molar-refractivity contribution in [2.45, 2.75) is 13.0 Å². The predicted molar refractivity (Wildman–Crippen MR) is 78.4 cm³/mol. The van der Waals surface area contributed by atoms with Crippen LogP contribution in [-0.4, -0.2) is 5.91 Å². The van der Waals surface area contributed by atoms with Gasteiger partial charge in [0.2, 0.25) is 5.91 Å². The van der Waals surface area contributed by atoms with Gasteiger partial charge < -0.3 is 11.1 Å². The lowest BCUT2D eigenvalue weighted by atomic mass is 10.1. The van der Waals surface area contributed by atoms with Gasteiger partial charge in [0, 0.05) is 11.6 Å². The number of primary amides is 1. The van der Waals surface area contributed by atoms with Gasteiger partial charge in [-0.25, -0.2) is 0 Å². The predicted octanol–water partition coefficient (Wildman–Crippen LogP) is 3.61. The second-order valence-corrected chi connectivity index (χ2v) is 4.74. The third-order valence-electron chi connectivity index (χ3n) is 2.92. The summed E-state index contributed by atoms with van der Waals surface area (Å²) in [6.07, 6.45) is 0. The molecule has 4 heteroatoms. The van der Waals surface area contributed by atoms with Crippen LogP contribution in [0.5, 0.6) is 0 Å². The standard InChI is InChI=1S/C15H15ClN2O/c1-10(11-5-3-2-4-6-11)18-14-9-12(15(17)19)7-8-13(14)16/h2-10,18H,1H3,(H2,17,19). The Labute approximate surface area is 117 Å². The fourth-order valence-corrected chi connectivity index (χ4v) is 2.02. The normalized spacial score (nSPS) is 11.9. The van der Waals surface area contributed by atoms with Crippen LogP contribution in [0.2, 0.25) is 5.02 Å². The molecule has 2 aromatic rings. The Balaban J connectivity index is 2.23. The number of rotatable bonds is 4. The van der Waals surface area contributed by atoms with Crippen LogP contribution in [-0.2, 0) is 0 Å². The van der Waals surface area contributed by atoms with E-state index in [1.165, 1.54) is 0 Å². The van der Waals surface area contributed by atoms with Gasteiger partial charge in [0.1, 0.15) is 0 Å². The topological polar surface area (TPSA) is 55.1 Å². The minimum absolute atomic E-state index is 0.0850. The molecule has 1 atom stereocenters. The molecular formula is C15H15ClN2O. The van der Waals surface area contributed by atoms with E-state index in [9.17, 15) is 4.79 Å². The molecule has 3 N–H and O–H groups in total. The van der Waals surface area contributed by atoms with Crippen LogP contribution in [0.1, 0.15) is 28.9 Å². The third-order valence-corrected chi connectivity index (χ3v) is 3.25. The Bertz CT molecular complexity index is 584. The summed E-state index contributed by atoms with van der Waals surface area (Å²) < 4.78 is 0. The lowest BCUT2D eigenvalue weighted by molar-refractivity contribution is 0.100. The molecule has 2 aromatic carbocycles. The van der Waals surface area contributed by atoms with E-state index in [0.29, 0.717) is 16.3 Å². The Morgan fingerprint density at radius 3 is 2.53 bits per heavy atom. The van der Waals surface area contributed by atoms with Crippen molar-refractivity contribution in [3.05, 3.63) is 64.7 Å². The molecule has 0 saturated carbocycles. The summed E-state index contributed by atoms with van der Waals surface area (Å²) in [5, 5.41) is 3.84. The SMILES string of the molecule is CC(Nc1cc(C(N)=O)ccc1Cl)c1ccccc1. The summed E-state index contributed by atoms with van der Waals surface area (Å²) in [5.74, 6) is -0.466. The number of nitrogens with two attached hydrogens (primary N) is 1. The van der Waals surface area contributed by atoms with E-state index in [-0.39, 0.29) is 6.04 Å². The number of amides is 1. The summed E-state index contributed by atoms with van der Waals surface area (Å²) in [7, 11) is 0. The summed E-state index contributed by atoms with van der Waals surface area (Å²) in [4.78, 5) is 11.2. The van der Waals surface area contributed by atoms with E-state index in [1.54, 1.807) is 18.2 Å². The maximum absolute atomic E-state index is 11.2. The zero-order valence-corrected chi connectivity index (χ0v) is 11.3. The molecule has 2 rings (SSSR count). The molecule has 19 heavy (non-hydrogen) atoms. The first-order chi connectivity index (χ1) is 9.08. The Hall–Kier alpha value is -2.00. The number of hydrogen-bond donors (Lipinski definition) is 2. The number of benzene rings is 2. The summed E-state index contributed by atoms with van der Waals surface area (Å²) in [6.45, 7) is 2.03. The van der Waals surface area contributed by atoms with Crippen molar-refractivity contribution in [1.82, 2.24) is 0 Å². The monoisotopic (exact) mass is 274 g/mol. The molecule has 0 bridgehead atoms. The molecule has 1 unspecified atom stereocenters. The molecule has 0 saturated heterocycles. The number of carbonyl (C=O) groups excluding carboxylic acids is 1.